The zero-order valence-corrected chi connectivity index (χ0v) is 10.9. The lowest BCUT2D eigenvalue weighted by atomic mass is 9.97. The Morgan fingerprint density at radius 1 is 0.889 bits per heavy atom. The predicted molar refractivity (Wildman–Crippen MR) is 63.6 cm³/mol. The highest BCUT2D eigenvalue weighted by Crippen LogP contribution is 2.22. The number of nitrogens with zero attached hydrogens (tertiary/aromatic N) is 2. The second-order valence-corrected chi connectivity index (χ2v) is 4.77. The fraction of sp³-hybridized carbons (Fsp3) is 0.800. The van der Waals surface area contributed by atoms with Gasteiger partial charge in [0.15, 0.2) is 0 Å². The summed E-state index contributed by atoms with van der Waals surface area (Å²) in [6.45, 7) is 6.17. The molecule has 0 spiro atoms. The Morgan fingerprint density at radius 3 is 1.22 bits per heavy atom. The molecule has 0 aromatic heterocycles. The molecule has 0 aliphatic carbocycles. The standard InChI is InChI=1S/C10H20N4O4/c1-5(2)9(11,7(15)16)13-14-10(12,6(3)4)8(17)18/h5-6H,11-12H2,1-4H3,(H,15,16)(H,17,18)/b14-13+/t9-,10-/m0/s1. The van der Waals surface area contributed by atoms with Crippen LogP contribution in [-0.2, 0) is 9.59 Å². The average Bonchev–Trinajstić information content (AvgIpc) is 2.23. The van der Waals surface area contributed by atoms with E-state index in [0.29, 0.717) is 0 Å². The normalized spacial score (nSPS) is 18.9. The summed E-state index contributed by atoms with van der Waals surface area (Å²) >= 11 is 0. The van der Waals surface area contributed by atoms with Gasteiger partial charge in [0.2, 0.25) is 11.3 Å². The van der Waals surface area contributed by atoms with Crippen molar-refractivity contribution in [2.24, 2.45) is 33.5 Å². The molecular weight excluding hydrogens is 240 g/mol. The number of rotatable bonds is 6. The van der Waals surface area contributed by atoms with Gasteiger partial charge in [-0.2, -0.15) is 10.2 Å². The van der Waals surface area contributed by atoms with Crippen LogP contribution in [0.2, 0.25) is 0 Å². The Labute approximate surface area is 105 Å². The van der Waals surface area contributed by atoms with Gasteiger partial charge in [-0.05, 0) is 0 Å². The van der Waals surface area contributed by atoms with Gasteiger partial charge in [-0.3, -0.25) is 11.5 Å². The zero-order chi connectivity index (χ0) is 14.7. The number of aliphatic carboxylic acids is 2. The largest absolute Gasteiger partial charge is 0.478 e. The van der Waals surface area contributed by atoms with Crippen LogP contribution < -0.4 is 11.5 Å². The number of nitrogens with two attached hydrogens (primary N) is 2. The molecule has 0 fully saturated rings. The molecule has 18 heavy (non-hydrogen) atoms. The summed E-state index contributed by atoms with van der Waals surface area (Å²) < 4.78 is 0. The van der Waals surface area contributed by atoms with Crippen LogP contribution in [0, 0.1) is 11.8 Å². The van der Waals surface area contributed by atoms with Gasteiger partial charge < -0.3 is 10.2 Å². The summed E-state index contributed by atoms with van der Waals surface area (Å²) in [7, 11) is 0. The maximum absolute atomic E-state index is 11.1. The van der Waals surface area contributed by atoms with Gasteiger partial charge >= 0.3 is 11.9 Å². The molecule has 0 saturated heterocycles. The molecule has 0 saturated carbocycles. The van der Waals surface area contributed by atoms with Crippen molar-refractivity contribution in [2.45, 2.75) is 39.0 Å². The van der Waals surface area contributed by atoms with Crippen molar-refractivity contribution < 1.29 is 19.8 Å². The lowest BCUT2D eigenvalue weighted by Gasteiger charge is -2.27. The first-order valence-corrected chi connectivity index (χ1v) is 5.47. The molecular formula is C10H20N4O4. The molecule has 0 rings (SSSR count). The third-order valence-corrected chi connectivity index (χ3v) is 2.83. The highest BCUT2D eigenvalue weighted by atomic mass is 16.4. The summed E-state index contributed by atoms with van der Waals surface area (Å²) in [5, 5.41) is 25.0. The number of carbonyl (C=O) groups is 2. The lowest BCUT2D eigenvalue weighted by Crippen LogP contribution is -2.54. The molecule has 0 aliphatic rings. The molecule has 8 heteroatoms. The van der Waals surface area contributed by atoms with Crippen LogP contribution in [0.3, 0.4) is 0 Å². The second-order valence-electron chi connectivity index (χ2n) is 4.77. The van der Waals surface area contributed by atoms with E-state index in [0.717, 1.165) is 0 Å². The molecule has 0 aliphatic heterocycles. The van der Waals surface area contributed by atoms with Gasteiger partial charge in [-0.15, -0.1) is 0 Å². The van der Waals surface area contributed by atoms with E-state index in [9.17, 15) is 9.59 Å². The topological polar surface area (TPSA) is 151 Å². The summed E-state index contributed by atoms with van der Waals surface area (Å²) in [6, 6.07) is 0. The van der Waals surface area contributed by atoms with Gasteiger partial charge in [0.05, 0.1) is 0 Å². The Balaban J connectivity index is 5.45. The van der Waals surface area contributed by atoms with Crippen molar-refractivity contribution in [3.63, 3.8) is 0 Å². The zero-order valence-electron chi connectivity index (χ0n) is 10.9. The molecule has 0 radical (unpaired) electrons. The number of azo groups is 1. The van der Waals surface area contributed by atoms with E-state index in [1.807, 2.05) is 0 Å². The number of carboxylic acids is 2. The SMILES string of the molecule is CC(C)[C@](N)(/N=N/[C@](N)(C(=O)O)C(C)C)C(=O)O. The van der Waals surface area contributed by atoms with E-state index in [1.165, 1.54) is 0 Å². The van der Waals surface area contributed by atoms with Gasteiger partial charge in [-0.1, -0.05) is 27.7 Å². The van der Waals surface area contributed by atoms with Gasteiger partial charge in [0.25, 0.3) is 0 Å². The summed E-state index contributed by atoms with van der Waals surface area (Å²) in [5.41, 5.74) is 7.18. The lowest BCUT2D eigenvalue weighted by molar-refractivity contribution is -0.148. The van der Waals surface area contributed by atoms with Crippen LogP contribution in [-0.4, -0.2) is 33.5 Å². The predicted octanol–water partition coefficient (Wildman–Crippen LogP) is 0.230. The Hall–Kier alpha value is -1.54. The molecule has 0 amide bonds. The first-order chi connectivity index (χ1) is 7.98. The van der Waals surface area contributed by atoms with E-state index in [4.69, 9.17) is 21.7 Å². The Kier molecular flexibility index (Phi) is 4.94. The van der Waals surface area contributed by atoms with Gasteiger partial charge in [0.1, 0.15) is 0 Å². The second kappa shape index (κ2) is 5.40. The van der Waals surface area contributed by atoms with Crippen molar-refractivity contribution in [1.29, 1.82) is 0 Å². The van der Waals surface area contributed by atoms with Crippen molar-refractivity contribution in [1.82, 2.24) is 0 Å². The number of carboxylic acid groups (broad SMARTS) is 2. The minimum atomic E-state index is -1.99. The van der Waals surface area contributed by atoms with Crippen LogP contribution in [0.5, 0.6) is 0 Å². The maximum atomic E-state index is 11.1. The first kappa shape index (κ1) is 16.5. The van der Waals surface area contributed by atoms with Crippen molar-refractivity contribution in [3.05, 3.63) is 0 Å². The fourth-order valence-corrected chi connectivity index (χ4v) is 0.976. The van der Waals surface area contributed by atoms with Crippen LogP contribution in [0.15, 0.2) is 10.2 Å². The van der Waals surface area contributed by atoms with Gasteiger partial charge in [-0.25, -0.2) is 9.59 Å². The highest BCUT2D eigenvalue weighted by molar-refractivity contribution is 5.79. The molecule has 0 bridgehead atoms. The van der Waals surface area contributed by atoms with Crippen LogP contribution in [0.25, 0.3) is 0 Å². The Morgan fingerprint density at radius 2 is 1.11 bits per heavy atom. The minimum Gasteiger partial charge on any atom is -0.478 e. The van der Waals surface area contributed by atoms with Crippen molar-refractivity contribution in [2.75, 3.05) is 0 Å². The number of hydrogen-bond donors (Lipinski definition) is 4. The third-order valence-electron chi connectivity index (χ3n) is 2.83. The molecule has 0 aromatic rings. The maximum Gasteiger partial charge on any atom is 0.348 e. The monoisotopic (exact) mass is 260 g/mol. The van der Waals surface area contributed by atoms with E-state index in [-0.39, 0.29) is 0 Å². The van der Waals surface area contributed by atoms with E-state index in [2.05, 4.69) is 10.2 Å². The molecule has 8 nitrogen and oxygen atoms in total. The Bertz CT molecular complexity index is 335. The average molecular weight is 260 g/mol. The van der Waals surface area contributed by atoms with Crippen LogP contribution in [0.4, 0.5) is 0 Å². The van der Waals surface area contributed by atoms with E-state index in [1.54, 1.807) is 27.7 Å². The molecule has 2 atom stereocenters. The smallest absolute Gasteiger partial charge is 0.348 e. The summed E-state index contributed by atoms with van der Waals surface area (Å²) in [6.07, 6.45) is 0. The van der Waals surface area contributed by atoms with Crippen LogP contribution in [0.1, 0.15) is 27.7 Å². The van der Waals surface area contributed by atoms with Crippen molar-refractivity contribution in [3.8, 4) is 0 Å². The summed E-state index contributed by atoms with van der Waals surface area (Å²) in [4.78, 5) is 22.1. The quantitative estimate of drug-likeness (QED) is 0.501. The molecule has 6 N–H and O–H groups in total. The molecule has 0 aromatic carbocycles. The van der Waals surface area contributed by atoms with E-state index < -0.39 is 35.1 Å². The van der Waals surface area contributed by atoms with Crippen molar-refractivity contribution >= 4 is 11.9 Å². The van der Waals surface area contributed by atoms with E-state index >= 15 is 0 Å². The molecule has 0 unspecified atom stereocenters. The van der Waals surface area contributed by atoms with Crippen LogP contribution >= 0.6 is 0 Å². The molecule has 104 valence electrons. The minimum absolute atomic E-state index is 0.566. The number of hydrogen-bond acceptors (Lipinski definition) is 6. The highest BCUT2D eigenvalue weighted by Gasteiger charge is 2.42. The summed E-state index contributed by atoms with van der Waals surface area (Å²) in [5.74, 6) is -3.91. The third kappa shape index (κ3) is 3.02. The van der Waals surface area contributed by atoms with Gasteiger partial charge in [0, 0.05) is 11.8 Å². The molecule has 0 heterocycles. The first-order valence-electron chi connectivity index (χ1n) is 5.47. The fourth-order valence-electron chi connectivity index (χ4n) is 0.976.